The minimum absolute atomic E-state index is 0.508. The van der Waals surface area contributed by atoms with Crippen LogP contribution in [-0.2, 0) is 0 Å². The highest BCUT2D eigenvalue weighted by Gasteiger charge is 2.21. The summed E-state index contributed by atoms with van der Waals surface area (Å²) in [6.07, 6.45) is 9.63. The summed E-state index contributed by atoms with van der Waals surface area (Å²) in [5, 5.41) is 3.26. The number of rotatable bonds is 5. The second-order valence-corrected chi connectivity index (χ2v) is 8.06. The molecule has 1 N–H and O–H groups in total. The molecule has 0 radical (unpaired) electrons. The molecule has 33 heavy (non-hydrogen) atoms. The third-order valence-electron chi connectivity index (χ3n) is 5.58. The first-order valence-electron chi connectivity index (χ1n) is 11.1. The highest BCUT2D eigenvalue weighted by Crippen LogP contribution is 2.19. The van der Waals surface area contributed by atoms with E-state index in [4.69, 9.17) is 9.97 Å². The number of amidine groups is 1. The van der Waals surface area contributed by atoms with E-state index in [-0.39, 0.29) is 0 Å². The first-order valence-corrected chi connectivity index (χ1v) is 11.1. The van der Waals surface area contributed by atoms with Crippen molar-refractivity contribution in [3.05, 3.63) is 77.9 Å². The molecule has 0 spiro atoms. The van der Waals surface area contributed by atoms with E-state index in [1.165, 1.54) is 11.3 Å². The number of nitrogens with one attached hydrogen (secondary N) is 1. The SMILES string of the molecule is CC1=CC(Nc2nc(/C=C/c3ccccc3)nc(N3CCN(c4ccncc4)CC3)n2)=NC1. The Kier molecular flexibility index (Phi) is 6.06. The number of aromatic nitrogens is 4. The molecule has 4 heterocycles. The highest BCUT2D eigenvalue weighted by atomic mass is 15.3. The van der Waals surface area contributed by atoms with Crippen molar-refractivity contribution in [2.75, 3.05) is 47.8 Å². The van der Waals surface area contributed by atoms with Gasteiger partial charge in [-0.15, -0.1) is 0 Å². The quantitative estimate of drug-likeness (QED) is 0.652. The maximum Gasteiger partial charge on any atom is 0.233 e. The van der Waals surface area contributed by atoms with Crippen molar-refractivity contribution in [1.29, 1.82) is 0 Å². The van der Waals surface area contributed by atoms with E-state index in [1.807, 2.05) is 61.0 Å². The molecule has 1 fully saturated rings. The maximum absolute atomic E-state index is 4.75. The smallest absolute Gasteiger partial charge is 0.233 e. The van der Waals surface area contributed by atoms with E-state index in [0.717, 1.165) is 37.6 Å². The topological polar surface area (TPSA) is 82.4 Å². The first-order chi connectivity index (χ1) is 16.2. The molecule has 2 aromatic heterocycles. The second-order valence-electron chi connectivity index (χ2n) is 8.06. The summed E-state index contributed by atoms with van der Waals surface area (Å²) in [6.45, 7) is 6.21. The number of hydrogen-bond acceptors (Lipinski definition) is 8. The summed E-state index contributed by atoms with van der Waals surface area (Å²) in [6, 6.07) is 14.2. The number of hydrogen-bond donors (Lipinski definition) is 1. The first kappa shape index (κ1) is 20.8. The molecule has 0 aliphatic carbocycles. The Morgan fingerprint density at radius 3 is 2.33 bits per heavy atom. The van der Waals surface area contributed by atoms with Crippen molar-refractivity contribution >= 4 is 35.6 Å². The fourth-order valence-corrected chi connectivity index (χ4v) is 3.83. The van der Waals surface area contributed by atoms with Gasteiger partial charge in [0.15, 0.2) is 5.82 Å². The van der Waals surface area contributed by atoms with Crippen molar-refractivity contribution in [3.8, 4) is 0 Å². The zero-order valence-corrected chi connectivity index (χ0v) is 18.6. The Hall–Kier alpha value is -4.07. The molecular weight excluding hydrogens is 412 g/mol. The van der Waals surface area contributed by atoms with Crippen LogP contribution in [-0.4, -0.2) is 58.5 Å². The van der Waals surface area contributed by atoms with Gasteiger partial charge in [0.2, 0.25) is 11.9 Å². The summed E-state index contributed by atoms with van der Waals surface area (Å²) >= 11 is 0. The van der Waals surface area contributed by atoms with Crippen LogP contribution in [0.5, 0.6) is 0 Å². The molecule has 0 amide bonds. The number of aliphatic imine (C=N–C) groups is 1. The zero-order valence-electron chi connectivity index (χ0n) is 18.6. The highest BCUT2D eigenvalue weighted by molar-refractivity contribution is 6.04. The van der Waals surface area contributed by atoms with Crippen LogP contribution >= 0.6 is 0 Å². The molecule has 2 aliphatic rings. The van der Waals surface area contributed by atoms with Gasteiger partial charge in [0.05, 0.1) is 6.54 Å². The van der Waals surface area contributed by atoms with Gasteiger partial charge in [-0.3, -0.25) is 9.98 Å². The van der Waals surface area contributed by atoms with E-state index in [2.05, 4.69) is 49.1 Å². The van der Waals surface area contributed by atoms with Gasteiger partial charge in [-0.05, 0) is 42.3 Å². The van der Waals surface area contributed by atoms with Crippen molar-refractivity contribution in [3.63, 3.8) is 0 Å². The van der Waals surface area contributed by atoms with Crippen LogP contribution in [0.4, 0.5) is 17.6 Å². The lowest BCUT2D eigenvalue weighted by molar-refractivity contribution is 0.638. The van der Waals surface area contributed by atoms with Crippen LogP contribution in [0.25, 0.3) is 12.2 Å². The Morgan fingerprint density at radius 1 is 0.848 bits per heavy atom. The Labute approximate surface area is 193 Å². The molecule has 0 bridgehead atoms. The van der Waals surface area contributed by atoms with Gasteiger partial charge >= 0.3 is 0 Å². The molecule has 2 aliphatic heterocycles. The fraction of sp³-hybridized carbons (Fsp3) is 0.240. The molecule has 5 rings (SSSR count). The number of piperazine rings is 1. The standard InChI is InChI=1S/C25H26N8/c1-19-17-23(27-18-19)29-24-28-22(8-7-20-5-3-2-4-6-20)30-25(31-24)33-15-13-32(14-16-33)21-9-11-26-12-10-21/h2-12,17H,13-16,18H2,1H3,(H,27,28,29,30,31)/b8-7+. The van der Waals surface area contributed by atoms with Crippen molar-refractivity contribution in [2.24, 2.45) is 4.99 Å². The van der Waals surface area contributed by atoms with Gasteiger partial charge in [-0.25, -0.2) is 0 Å². The van der Waals surface area contributed by atoms with E-state index in [9.17, 15) is 0 Å². The summed E-state index contributed by atoms with van der Waals surface area (Å²) in [7, 11) is 0. The summed E-state index contributed by atoms with van der Waals surface area (Å²) in [5.41, 5.74) is 3.50. The molecule has 8 nitrogen and oxygen atoms in total. The normalized spacial score (nSPS) is 16.2. The van der Waals surface area contributed by atoms with Crippen molar-refractivity contribution in [2.45, 2.75) is 6.92 Å². The maximum atomic E-state index is 4.75. The molecule has 3 aromatic rings. The molecular formula is C25H26N8. The molecule has 0 saturated carbocycles. The third kappa shape index (κ3) is 5.23. The van der Waals surface area contributed by atoms with Crippen LogP contribution in [0.3, 0.4) is 0 Å². The molecule has 1 aromatic carbocycles. The van der Waals surface area contributed by atoms with Crippen molar-refractivity contribution < 1.29 is 0 Å². The second kappa shape index (κ2) is 9.60. The Balaban J connectivity index is 1.37. The molecule has 166 valence electrons. The van der Waals surface area contributed by atoms with Gasteiger partial charge in [-0.2, -0.15) is 15.0 Å². The average molecular weight is 439 g/mol. The number of pyridine rings is 1. The van der Waals surface area contributed by atoms with Crippen LogP contribution in [0.1, 0.15) is 18.3 Å². The number of anilines is 3. The third-order valence-corrected chi connectivity index (χ3v) is 5.58. The van der Waals surface area contributed by atoms with Gasteiger partial charge in [-0.1, -0.05) is 36.4 Å². The van der Waals surface area contributed by atoms with Gasteiger partial charge in [0.25, 0.3) is 0 Å². The molecule has 1 saturated heterocycles. The minimum Gasteiger partial charge on any atom is -0.368 e. The summed E-state index contributed by atoms with van der Waals surface area (Å²) in [5.74, 6) is 2.58. The lowest BCUT2D eigenvalue weighted by Gasteiger charge is -2.36. The minimum atomic E-state index is 0.508. The Bertz CT molecular complexity index is 1180. The predicted molar refractivity (Wildman–Crippen MR) is 134 cm³/mol. The summed E-state index contributed by atoms with van der Waals surface area (Å²) in [4.78, 5) is 27.3. The van der Waals surface area contributed by atoms with Crippen LogP contribution < -0.4 is 15.1 Å². The summed E-state index contributed by atoms with van der Waals surface area (Å²) < 4.78 is 0. The van der Waals surface area contributed by atoms with E-state index in [1.54, 1.807) is 0 Å². The van der Waals surface area contributed by atoms with Gasteiger partial charge < -0.3 is 15.1 Å². The fourth-order valence-electron chi connectivity index (χ4n) is 3.83. The van der Waals surface area contributed by atoms with Gasteiger partial charge in [0, 0.05) is 44.3 Å². The lowest BCUT2D eigenvalue weighted by Crippen LogP contribution is -2.47. The zero-order chi connectivity index (χ0) is 22.5. The van der Waals surface area contributed by atoms with E-state index < -0.39 is 0 Å². The Morgan fingerprint density at radius 2 is 1.61 bits per heavy atom. The predicted octanol–water partition coefficient (Wildman–Crippen LogP) is 3.53. The number of benzene rings is 1. The molecule has 8 heteroatoms. The molecule has 0 atom stereocenters. The van der Waals surface area contributed by atoms with Crippen LogP contribution in [0.15, 0.2) is 71.5 Å². The van der Waals surface area contributed by atoms with Gasteiger partial charge in [0.1, 0.15) is 5.84 Å². The lowest BCUT2D eigenvalue weighted by atomic mass is 10.2. The monoisotopic (exact) mass is 438 g/mol. The molecule has 0 unspecified atom stereocenters. The largest absolute Gasteiger partial charge is 0.368 e. The van der Waals surface area contributed by atoms with Crippen LogP contribution in [0.2, 0.25) is 0 Å². The van der Waals surface area contributed by atoms with E-state index in [0.29, 0.717) is 24.3 Å². The van der Waals surface area contributed by atoms with Crippen molar-refractivity contribution in [1.82, 2.24) is 19.9 Å². The van der Waals surface area contributed by atoms with Crippen LogP contribution in [0, 0.1) is 0 Å². The number of nitrogens with zero attached hydrogens (tertiary/aromatic N) is 7. The van der Waals surface area contributed by atoms with E-state index >= 15 is 0 Å². The average Bonchev–Trinajstić information content (AvgIpc) is 3.28.